The predicted octanol–water partition coefficient (Wildman–Crippen LogP) is 1.67. The highest BCUT2D eigenvalue weighted by Gasteiger charge is 2.15. The Bertz CT molecular complexity index is 599. The van der Waals surface area contributed by atoms with Crippen molar-refractivity contribution in [3.63, 3.8) is 0 Å². The average Bonchev–Trinajstić information content (AvgIpc) is 2.98. The van der Waals surface area contributed by atoms with E-state index in [2.05, 4.69) is 10.3 Å². The zero-order valence-corrected chi connectivity index (χ0v) is 12.0. The van der Waals surface area contributed by atoms with E-state index >= 15 is 0 Å². The Balaban J connectivity index is 2.20. The Kier molecular flexibility index (Phi) is 4.41. The molecular formula is C13H15N3O3S. The molecule has 0 spiro atoms. The van der Waals surface area contributed by atoms with E-state index in [1.54, 1.807) is 23.8 Å². The van der Waals surface area contributed by atoms with E-state index < -0.39 is 0 Å². The zero-order chi connectivity index (χ0) is 14.5. The zero-order valence-electron chi connectivity index (χ0n) is 11.2. The molecule has 0 saturated carbocycles. The molecular weight excluding hydrogens is 278 g/mol. The van der Waals surface area contributed by atoms with Crippen LogP contribution in [0.4, 0.5) is 5.69 Å². The smallest absolute Gasteiger partial charge is 0.253 e. The van der Waals surface area contributed by atoms with E-state index in [1.165, 1.54) is 25.6 Å². The predicted molar refractivity (Wildman–Crippen MR) is 77.2 cm³/mol. The van der Waals surface area contributed by atoms with Crippen molar-refractivity contribution in [2.75, 3.05) is 20.0 Å². The van der Waals surface area contributed by atoms with Gasteiger partial charge in [-0.2, -0.15) is 0 Å². The highest BCUT2D eigenvalue weighted by Crippen LogP contribution is 2.31. The summed E-state index contributed by atoms with van der Waals surface area (Å²) in [6.07, 6.45) is 1.71. The SMILES string of the molecule is COc1cc(OC)c(N)c(C(=O)NCc2cncs2)c1. The van der Waals surface area contributed by atoms with Crippen LogP contribution in [0, 0.1) is 0 Å². The van der Waals surface area contributed by atoms with Crippen LogP contribution in [0.2, 0.25) is 0 Å². The van der Waals surface area contributed by atoms with Gasteiger partial charge in [0, 0.05) is 17.1 Å². The summed E-state index contributed by atoms with van der Waals surface area (Å²) in [4.78, 5) is 17.1. The molecule has 0 aliphatic rings. The highest BCUT2D eigenvalue weighted by molar-refractivity contribution is 7.09. The first-order valence-electron chi connectivity index (χ1n) is 5.82. The topological polar surface area (TPSA) is 86.5 Å². The van der Waals surface area contributed by atoms with Gasteiger partial charge in [0.25, 0.3) is 5.91 Å². The van der Waals surface area contributed by atoms with Gasteiger partial charge in [0.1, 0.15) is 11.5 Å². The number of benzene rings is 1. The van der Waals surface area contributed by atoms with E-state index in [-0.39, 0.29) is 11.6 Å². The van der Waals surface area contributed by atoms with Gasteiger partial charge in [0.05, 0.1) is 37.5 Å². The molecule has 0 fully saturated rings. The number of anilines is 1. The first-order valence-corrected chi connectivity index (χ1v) is 6.70. The summed E-state index contributed by atoms with van der Waals surface area (Å²) < 4.78 is 10.3. The number of nitrogens with two attached hydrogens (primary N) is 1. The second-order valence-electron chi connectivity index (χ2n) is 3.94. The molecule has 1 heterocycles. The van der Waals surface area contributed by atoms with Crippen LogP contribution in [0.25, 0.3) is 0 Å². The lowest BCUT2D eigenvalue weighted by Crippen LogP contribution is -2.23. The van der Waals surface area contributed by atoms with Gasteiger partial charge in [-0.1, -0.05) is 0 Å². The molecule has 20 heavy (non-hydrogen) atoms. The Labute approximate surface area is 120 Å². The summed E-state index contributed by atoms with van der Waals surface area (Å²) >= 11 is 1.47. The lowest BCUT2D eigenvalue weighted by atomic mass is 10.1. The molecule has 1 aromatic carbocycles. The minimum atomic E-state index is -0.284. The Morgan fingerprint density at radius 2 is 2.20 bits per heavy atom. The van der Waals surface area contributed by atoms with Gasteiger partial charge in [0.15, 0.2) is 0 Å². The molecule has 0 aliphatic heterocycles. The molecule has 3 N–H and O–H groups in total. The standard InChI is InChI=1S/C13H15N3O3S/c1-18-8-3-10(12(14)11(4-8)19-2)13(17)16-6-9-5-15-7-20-9/h3-5,7H,6,14H2,1-2H3,(H,16,17). The second kappa shape index (κ2) is 6.25. The molecule has 2 rings (SSSR count). The molecule has 1 amide bonds. The first kappa shape index (κ1) is 14.1. The quantitative estimate of drug-likeness (QED) is 0.819. The van der Waals surface area contributed by atoms with E-state index in [4.69, 9.17) is 15.2 Å². The van der Waals surface area contributed by atoms with E-state index in [0.717, 1.165) is 4.88 Å². The Morgan fingerprint density at radius 3 is 2.80 bits per heavy atom. The van der Waals surface area contributed by atoms with E-state index in [1.807, 2.05) is 0 Å². The molecule has 7 heteroatoms. The van der Waals surface area contributed by atoms with Crippen molar-refractivity contribution in [2.24, 2.45) is 0 Å². The van der Waals surface area contributed by atoms with Gasteiger partial charge in [-0.25, -0.2) is 0 Å². The number of thiazole rings is 1. The van der Waals surface area contributed by atoms with Crippen LogP contribution in [0.3, 0.4) is 0 Å². The van der Waals surface area contributed by atoms with Crippen LogP contribution in [0.1, 0.15) is 15.2 Å². The minimum absolute atomic E-state index is 0.284. The van der Waals surface area contributed by atoms with Crippen molar-refractivity contribution in [1.29, 1.82) is 0 Å². The second-order valence-corrected chi connectivity index (χ2v) is 4.91. The van der Waals surface area contributed by atoms with E-state index in [9.17, 15) is 4.79 Å². The van der Waals surface area contributed by atoms with Crippen molar-refractivity contribution < 1.29 is 14.3 Å². The third-order valence-electron chi connectivity index (χ3n) is 2.72. The van der Waals surface area contributed by atoms with Crippen LogP contribution >= 0.6 is 11.3 Å². The van der Waals surface area contributed by atoms with Gasteiger partial charge in [0.2, 0.25) is 0 Å². The van der Waals surface area contributed by atoms with Crippen LogP contribution in [0.15, 0.2) is 23.8 Å². The number of carbonyl (C=O) groups excluding carboxylic acids is 1. The van der Waals surface area contributed by atoms with E-state index in [0.29, 0.717) is 23.6 Å². The summed E-state index contributed by atoms with van der Waals surface area (Å²) in [6.45, 7) is 0.405. The number of aromatic nitrogens is 1. The van der Waals surface area contributed by atoms with Gasteiger partial charge < -0.3 is 20.5 Å². The third-order valence-corrected chi connectivity index (χ3v) is 3.50. The lowest BCUT2D eigenvalue weighted by Gasteiger charge is -2.12. The summed E-state index contributed by atoms with van der Waals surface area (Å²) in [7, 11) is 3.01. The summed E-state index contributed by atoms with van der Waals surface area (Å²) in [6, 6.07) is 3.22. The minimum Gasteiger partial charge on any atom is -0.497 e. The Morgan fingerprint density at radius 1 is 1.40 bits per heavy atom. The molecule has 2 aromatic rings. The third kappa shape index (κ3) is 3.00. The molecule has 0 atom stereocenters. The van der Waals surface area contributed by atoms with Gasteiger partial charge in [-0.3, -0.25) is 9.78 Å². The van der Waals surface area contributed by atoms with Crippen molar-refractivity contribution in [3.05, 3.63) is 34.3 Å². The van der Waals surface area contributed by atoms with Crippen molar-refractivity contribution in [1.82, 2.24) is 10.3 Å². The fraction of sp³-hybridized carbons (Fsp3) is 0.231. The maximum atomic E-state index is 12.2. The van der Waals surface area contributed by atoms with Crippen molar-refractivity contribution in [2.45, 2.75) is 6.54 Å². The molecule has 1 aromatic heterocycles. The summed E-state index contributed by atoms with van der Waals surface area (Å²) in [5, 5.41) is 2.79. The number of methoxy groups -OCH3 is 2. The highest BCUT2D eigenvalue weighted by atomic mass is 32.1. The fourth-order valence-corrected chi connectivity index (χ4v) is 2.20. The molecule has 0 saturated heterocycles. The number of nitrogen functional groups attached to an aromatic ring is 1. The summed E-state index contributed by atoms with van der Waals surface area (Å²) in [5.74, 6) is 0.638. The van der Waals surface area contributed by atoms with Gasteiger partial charge in [-0.05, 0) is 6.07 Å². The molecule has 0 radical (unpaired) electrons. The average molecular weight is 293 g/mol. The molecule has 0 unspecified atom stereocenters. The van der Waals surface area contributed by atoms with Gasteiger partial charge in [-0.15, -0.1) is 11.3 Å². The molecule has 6 nitrogen and oxygen atoms in total. The number of rotatable bonds is 5. The normalized spacial score (nSPS) is 10.1. The van der Waals surface area contributed by atoms with Crippen LogP contribution in [-0.2, 0) is 6.54 Å². The number of nitrogens with zero attached hydrogens (tertiary/aromatic N) is 1. The molecule has 0 aliphatic carbocycles. The monoisotopic (exact) mass is 293 g/mol. The largest absolute Gasteiger partial charge is 0.497 e. The number of nitrogens with one attached hydrogen (secondary N) is 1. The maximum absolute atomic E-state index is 12.2. The molecule has 106 valence electrons. The first-order chi connectivity index (χ1) is 9.65. The summed E-state index contributed by atoms with van der Waals surface area (Å²) in [5.41, 5.74) is 8.24. The van der Waals surface area contributed by atoms with Crippen LogP contribution in [-0.4, -0.2) is 25.1 Å². The number of carbonyl (C=O) groups is 1. The number of amides is 1. The van der Waals surface area contributed by atoms with Crippen molar-refractivity contribution in [3.8, 4) is 11.5 Å². The van der Waals surface area contributed by atoms with Gasteiger partial charge >= 0.3 is 0 Å². The van der Waals surface area contributed by atoms with Crippen molar-refractivity contribution >= 4 is 22.9 Å². The number of hydrogen-bond donors (Lipinski definition) is 2. The number of ether oxygens (including phenoxy) is 2. The Hall–Kier alpha value is -2.28. The van der Waals surface area contributed by atoms with Crippen LogP contribution in [0.5, 0.6) is 11.5 Å². The maximum Gasteiger partial charge on any atom is 0.253 e. The lowest BCUT2D eigenvalue weighted by molar-refractivity contribution is 0.0951. The number of hydrogen-bond acceptors (Lipinski definition) is 6. The fourth-order valence-electron chi connectivity index (χ4n) is 1.67. The molecule has 0 bridgehead atoms. The van der Waals surface area contributed by atoms with Crippen LogP contribution < -0.4 is 20.5 Å².